The van der Waals surface area contributed by atoms with Gasteiger partial charge >= 0.3 is 0 Å². The minimum atomic E-state index is -2.99. The monoisotopic (exact) mass is 268 g/mol. The molecule has 0 aromatic carbocycles. The van der Waals surface area contributed by atoms with Crippen molar-refractivity contribution in [3.63, 3.8) is 0 Å². The molecule has 0 aromatic heterocycles. The smallest absolute Gasteiger partial charge is 0.211 e. The fourth-order valence-corrected chi connectivity index (χ4v) is 3.55. The highest BCUT2D eigenvalue weighted by molar-refractivity contribution is 7.89. The third-order valence-corrected chi connectivity index (χ3v) is 4.68. The molecule has 1 saturated carbocycles. The fraction of sp³-hybridized carbons (Fsp3) is 1.00. The molecule has 0 radical (unpaired) electrons. The van der Waals surface area contributed by atoms with E-state index in [9.17, 15) is 8.42 Å². The lowest BCUT2D eigenvalue weighted by Crippen LogP contribution is -2.32. The lowest BCUT2D eigenvalue weighted by molar-refractivity contribution is 0.538. The molecule has 1 aliphatic carbocycles. The van der Waals surface area contributed by atoms with Gasteiger partial charge in [-0.25, -0.2) is 13.1 Å². The zero-order chi connectivity index (χ0) is 10.7. The highest BCUT2D eigenvalue weighted by Crippen LogP contribution is 2.29. The van der Waals surface area contributed by atoms with E-state index in [1.807, 2.05) is 0 Å². The van der Waals surface area contributed by atoms with Crippen LogP contribution >= 0.6 is 12.4 Å². The topological polar surface area (TPSA) is 58.2 Å². The average molecular weight is 269 g/mol. The van der Waals surface area contributed by atoms with Gasteiger partial charge in [-0.1, -0.05) is 0 Å². The van der Waals surface area contributed by atoms with E-state index in [-0.39, 0.29) is 12.4 Å². The van der Waals surface area contributed by atoms with Crippen LogP contribution in [-0.2, 0) is 10.0 Å². The summed E-state index contributed by atoms with van der Waals surface area (Å²) in [7, 11) is -2.99. The van der Waals surface area contributed by atoms with E-state index in [0.29, 0.717) is 24.3 Å². The Labute approximate surface area is 104 Å². The molecule has 0 aromatic rings. The van der Waals surface area contributed by atoms with E-state index in [0.717, 1.165) is 25.8 Å². The van der Waals surface area contributed by atoms with Crippen LogP contribution in [0.5, 0.6) is 0 Å². The molecular weight excluding hydrogens is 248 g/mol. The second-order valence-corrected chi connectivity index (χ2v) is 6.55. The van der Waals surface area contributed by atoms with Crippen LogP contribution < -0.4 is 10.0 Å². The molecule has 1 aliphatic heterocycles. The SMILES string of the molecule is Cl.O=S(=O)(CC1CC1)NCC[C@H]1CCCN1. The first-order valence-corrected chi connectivity index (χ1v) is 7.52. The Morgan fingerprint density at radius 2 is 2.00 bits per heavy atom. The van der Waals surface area contributed by atoms with Gasteiger partial charge in [-0.2, -0.15) is 0 Å². The van der Waals surface area contributed by atoms with Crippen molar-refractivity contribution in [2.75, 3.05) is 18.8 Å². The van der Waals surface area contributed by atoms with Crippen LogP contribution in [0.15, 0.2) is 0 Å². The molecule has 0 bridgehead atoms. The molecule has 6 heteroatoms. The minimum Gasteiger partial charge on any atom is -0.314 e. The molecule has 1 saturated heterocycles. The summed E-state index contributed by atoms with van der Waals surface area (Å²) in [6, 6.07) is 0.522. The number of halogens is 1. The summed E-state index contributed by atoms with van der Waals surface area (Å²) in [6.07, 6.45) is 5.50. The van der Waals surface area contributed by atoms with Crippen LogP contribution in [0, 0.1) is 5.92 Å². The lowest BCUT2D eigenvalue weighted by atomic mass is 10.2. The van der Waals surface area contributed by atoms with E-state index in [4.69, 9.17) is 0 Å². The van der Waals surface area contributed by atoms with E-state index < -0.39 is 10.0 Å². The third-order valence-electron chi connectivity index (χ3n) is 3.13. The molecule has 2 fully saturated rings. The second-order valence-electron chi connectivity index (χ2n) is 4.70. The molecule has 4 nitrogen and oxygen atoms in total. The Bertz CT molecular complexity index is 298. The number of nitrogens with one attached hydrogen (secondary N) is 2. The molecule has 2 aliphatic rings. The van der Waals surface area contributed by atoms with Gasteiger partial charge in [-0.05, 0) is 44.6 Å². The fourth-order valence-electron chi connectivity index (χ4n) is 2.05. The van der Waals surface area contributed by atoms with Gasteiger partial charge in [0.15, 0.2) is 0 Å². The number of rotatable bonds is 6. The van der Waals surface area contributed by atoms with E-state index in [1.54, 1.807) is 0 Å². The molecule has 16 heavy (non-hydrogen) atoms. The number of hydrogen-bond donors (Lipinski definition) is 2. The van der Waals surface area contributed by atoms with Crippen molar-refractivity contribution in [1.29, 1.82) is 0 Å². The van der Waals surface area contributed by atoms with Crippen molar-refractivity contribution in [2.45, 2.75) is 38.1 Å². The largest absolute Gasteiger partial charge is 0.314 e. The third kappa shape index (κ3) is 4.99. The molecule has 1 heterocycles. The maximum atomic E-state index is 11.5. The van der Waals surface area contributed by atoms with Crippen molar-refractivity contribution in [1.82, 2.24) is 10.0 Å². The molecule has 0 amide bonds. The van der Waals surface area contributed by atoms with Crippen LogP contribution in [0.2, 0.25) is 0 Å². The van der Waals surface area contributed by atoms with E-state index in [1.165, 1.54) is 12.8 Å². The first kappa shape index (κ1) is 14.2. The molecule has 2 rings (SSSR count). The van der Waals surface area contributed by atoms with Crippen molar-refractivity contribution < 1.29 is 8.42 Å². The van der Waals surface area contributed by atoms with E-state index in [2.05, 4.69) is 10.0 Å². The summed E-state index contributed by atoms with van der Waals surface area (Å²) < 4.78 is 25.7. The van der Waals surface area contributed by atoms with Gasteiger partial charge in [-0.15, -0.1) is 12.4 Å². The van der Waals surface area contributed by atoms with Gasteiger partial charge < -0.3 is 5.32 Å². The molecule has 1 atom stereocenters. The summed E-state index contributed by atoms with van der Waals surface area (Å²) in [6.45, 7) is 1.67. The molecule has 2 N–H and O–H groups in total. The predicted molar refractivity (Wildman–Crippen MR) is 67.4 cm³/mol. The predicted octanol–water partition coefficient (Wildman–Crippen LogP) is 0.880. The Hall–Kier alpha value is 0.160. The average Bonchev–Trinajstić information content (AvgIpc) is 2.81. The highest BCUT2D eigenvalue weighted by atomic mass is 35.5. The van der Waals surface area contributed by atoms with Gasteiger partial charge in [0.2, 0.25) is 10.0 Å². The first-order valence-electron chi connectivity index (χ1n) is 5.86. The normalized spacial score (nSPS) is 25.4. The van der Waals surface area contributed by atoms with Crippen molar-refractivity contribution in [2.24, 2.45) is 5.92 Å². The standard InChI is InChI=1S/C10H20N2O2S.ClH/c13-15(14,8-9-3-4-9)12-7-5-10-2-1-6-11-10;/h9-12H,1-8H2;1H/t10-;/m1./s1. The maximum absolute atomic E-state index is 11.5. The summed E-state index contributed by atoms with van der Waals surface area (Å²) in [5.41, 5.74) is 0. The second kappa shape index (κ2) is 6.19. The molecule has 96 valence electrons. The van der Waals surface area contributed by atoms with Gasteiger partial charge in [0.05, 0.1) is 5.75 Å². The summed E-state index contributed by atoms with van der Waals surface area (Å²) >= 11 is 0. The van der Waals surface area contributed by atoms with Gasteiger partial charge in [0.1, 0.15) is 0 Å². The maximum Gasteiger partial charge on any atom is 0.211 e. The summed E-state index contributed by atoms with van der Waals surface area (Å²) in [5, 5.41) is 3.36. The summed E-state index contributed by atoms with van der Waals surface area (Å²) in [4.78, 5) is 0. The lowest BCUT2D eigenvalue weighted by Gasteiger charge is -2.10. The van der Waals surface area contributed by atoms with Gasteiger partial charge in [0, 0.05) is 12.6 Å². The van der Waals surface area contributed by atoms with Crippen molar-refractivity contribution in [3.05, 3.63) is 0 Å². The van der Waals surface area contributed by atoms with Crippen LogP contribution in [0.25, 0.3) is 0 Å². The molecule has 0 unspecified atom stereocenters. The summed E-state index contributed by atoms with van der Waals surface area (Å²) in [5.74, 6) is 0.776. The quantitative estimate of drug-likeness (QED) is 0.752. The van der Waals surface area contributed by atoms with Crippen LogP contribution in [0.1, 0.15) is 32.1 Å². The van der Waals surface area contributed by atoms with Gasteiger partial charge in [-0.3, -0.25) is 0 Å². The number of sulfonamides is 1. The van der Waals surface area contributed by atoms with Gasteiger partial charge in [0.25, 0.3) is 0 Å². The highest BCUT2D eigenvalue weighted by Gasteiger charge is 2.27. The zero-order valence-electron chi connectivity index (χ0n) is 9.44. The number of hydrogen-bond acceptors (Lipinski definition) is 3. The Balaban J connectivity index is 0.00000128. The van der Waals surface area contributed by atoms with Crippen molar-refractivity contribution >= 4 is 22.4 Å². The minimum absolute atomic E-state index is 0. The Kier molecular flexibility index (Phi) is 5.50. The van der Waals surface area contributed by atoms with E-state index >= 15 is 0 Å². The Morgan fingerprint density at radius 1 is 1.25 bits per heavy atom. The first-order chi connectivity index (χ1) is 7.16. The van der Waals surface area contributed by atoms with Crippen LogP contribution in [0.3, 0.4) is 0 Å². The zero-order valence-corrected chi connectivity index (χ0v) is 11.1. The molecular formula is C10H21ClN2O2S. The van der Waals surface area contributed by atoms with Crippen molar-refractivity contribution in [3.8, 4) is 0 Å². The van der Waals surface area contributed by atoms with Crippen LogP contribution in [-0.4, -0.2) is 33.3 Å². The molecule has 0 spiro atoms. The Morgan fingerprint density at radius 3 is 2.56 bits per heavy atom. The van der Waals surface area contributed by atoms with Crippen LogP contribution in [0.4, 0.5) is 0 Å².